The molecule has 0 radical (unpaired) electrons. The molecule has 21 heavy (non-hydrogen) atoms. The molecule has 1 fully saturated rings. The SMILES string of the molecule is OCC1(NCc2ccc(-c3ccc(F)cc3)o2)CCCC1. The van der Waals surface area contributed by atoms with E-state index in [0.29, 0.717) is 6.54 Å². The topological polar surface area (TPSA) is 45.4 Å². The fourth-order valence-electron chi connectivity index (χ4n) is 2.96. The average Bonchev–Trinajstić information content (AvgIpc) is 3.16. The number of furan rings is 1. The summed E-state index contributed by atoms with van der Waals surface area (Å²) in [5.74, 6) is 1.31. The average molecular weight is 289 g/mol. The molecule has 2 N–H and O–H groups in total. The minimum absolute atomic E-state index is 0.150. The van der Waals surface area contributed by atoms with Crippen molar-refractivity contribution in [2.75, 3.05) is 6.61 Å². The van der Waals surface area contributed by atoms with Crippen LogP contribution in [0.15, 0.2) is 40.8 Å². The van der Waals surface area contributed by atoms with Crippen molar-refractivity contribution in [1.82, 2.24) is 5.32 Å². The van der Waals surface area contributed by atoms with Gasteiger partial charge >= 0.3 is 0 Å². The fraction of sp³-hybridized carbons (Fsp3) is 0.412. The van der Waals surface area contributed by atoms with Gasteiger partial charge in [-0.2, -0.15) is 0 Å². The second-order valence-electron chi connectivity index (χ2n) is 5.77. The standard InChI is InChI=1S/C17H20FNO2/c18-14-5-3-13(4-6-14)16-8-7-15(21-16)11-19-17(12-20)9-1-2-10-17/h3-8,19-20H,1-2,9-12H2. The molecule has 0 spiro atoms. The molecule has 1 saturated carbocycles. The monoisotopic (exact) mass is 289 g/mol. The maximum atomic E-state index is 12.9. The van der Waals surface area contributed by atoms with E-state index in [1.165, 1.54) is 12.1 Å². The lowest BCUT2D eigenvalue weighted by Crippen LogP contribution is -2.45. The molecule has 3 nitrogen and oxygen atoms in total. The molecular formula is C17H20FNO2. The van der Waals surface area contributed by atoms with Crippen LogP contribution in [0.1, 0.15) is 31.4 Å². The molecule has 1 aliphatic carbocycles. The van der Waals surface area contributed by atoms with E-state index in [1.807, 2.05) is 12.1 Å². The second kappa shape index (κ2) is 6.00. The largest absolute Gasteiger partial charge is 0.460 e. The van der Waals surface area contributed by atoms with Gasteiger partial charge in [-0.15, -0.1) is 0 Å². The van der Waals surface area contributed by atoms with Gasteiger partial charge in [0.15, 0.2) is 0 Å². The molecule has 3 rings (SSSR count). The lowest BCUT2D eigenvalue weighted by Gasteiger charge is -2.27. The third-order valence-electron chi connectivity index (χ3n) is 4.29. The Morgan fingerprint density at radius 2 is 1.81 bits per heavy atom. The number of hydrogen-bond acceptors (Lipinski definition) is 3. The van der Waals surface area contributed by atoms with E-state index >= 15 is 0 Å². The van der Waals surface area contributed by atoms with Crippen molar-refractivity contribution < 1.29 is 13.9 Å². The Hall–Kier alpha value is -1.65. The van der Waals surface area contributed by atoms with Crippen molar-refractivity contribution in [3.63, 3.8) is 0 Å². The third kappa shape index (κ3) is 3.17. The molecule has 1 heterocycles. The van der Waals surface area contributed by atoms with E-state index in [-0.39, 0.29) is 18.0 Å². The Kier molecular flexibility index (Phi) is 4.08. The first-order chi connectivity index (χ1) is 10.2. The highest BCUT2D eigenvalue weighted by molar-refractivity contribution is 5.57. The first-order valence-corrected chi connectivity index (χ1v) is 7.41. The van der Waals surface area contributed by atoms with E-state index in [1.54, 1.807) is 12.1 Å². The number of rotatable bonds is 5. The molecule has 2 aromatic rings. The molecule has 1 aromatic heterocycles. The Labute approximate surface area is 123 Å². The molecular weight excluding hydrogens is 269 g/mol. The van der Waals surface area contributed by atoms with Gasteiger partial charge in [0.05, 0.1) is 13.2 Å². The minimum Gasteiger partial charge on any atom is -0.460 e. The van der Waals surface area contributed by atoms with Crippen LogP contribution in [0.3, 0.4) is 0 Å². The molecule has 0 saturated heterocycles. The highest BCUT2D eigenvalue weighted by Gasteiger charge is 2.32. The van der Waals surface area contributed by atoms with E-state index in [9.17, 15) is 9.50 Å². The van der Waals surface area contributed by atoms with Crippen LogP contribution in [0.2, 0.25) is 0 Å². The molecule has 0 amide bonds. The highest BCUT2D eigenvalue weighted by Crippen LogP contribution is 2.30. The molecule has 112 valence electrons. The highest BCUT2D eigenvalue weighted by atomic mass is 19.1. The van der Waals surface area contributed by atoms with E-state index in [4.69, 9.17) is 4.42 Å². The molecule has 0 bridgehead atoms. The Bertz CT molecular complexity index is 585. The number of aliphatic hydroxyl groups excluding tert-OH is 1. The number of nitrogens with one attached hydrogen (secondary N) is 1. The summed E-state index contributed by atoms with van der Waals surface area (Å²) in [6, 6.07) is 10.1. The summed E-state index contributed by atoms with van der Waals surface area (Å²) >= 11 is 0. The predicted molar refractivity (Wildman–Crippen MR) is 79.2 cm³/mol. The van der Waals surface area contributed by atoms with Crippen LogP contribution in [0, 0.1) is 5.82 Å². The summed E-state index contributed by atoms with van der Waals surface area (Å²) in [7, 11) is 0. The van der Waals surface area contributed by atoms with Crippen molar-refractivity contribution >= 4 is 0 Å². The number of aliphatic hydroxyl groups is 1. The Morgan fingerprint density at radius 3 is 2.48 bits per heavy atom. The zero-order valence-corrected chi connectivity index (χ0v) is 11.9. The molecule has 4 heteroatoms. The quantitative estimate of drug-likeness (QED) is 0.885. The van der Waals surface area contributed by atoms with Gasteiger partial charge in [0.1, 0.15) is 17.3 Å². The summed E-state index contributed by atoms with van der Waals surface area (Å²) in [4.78, 5) is 0. The molecule has 0 aliphatic heterocycles. The van der Waals surface area contributed by atoms with Crippen molar-refractivity contribution in [2.24, 2.45) is 0 Å². The first-order valence-electron chi connectivity index (χ1n) is 7.41. The lowest BCUT2D eigenvalue weighted by molar-refractivity contribution is 0.160. The van der Waals surface area contributed by atoms with Crippen LogP contribution in [-0.4, -0.2) is 17.3 Å². The van der Waals surface area contributed by atoms with Crippen molar-refractivity contribution in [3.05, 3.63) is 48.0 Å². The van der Waals surface area contributed by atoms with Crippen molar-refractivity contribution in [3.8, 4) is 11.3 Å². The lowest BCUT2D eigenvalue weighted by atomic mass is 9.99. The van der Waals surface area contributed by atoms with Gasteiger partial charge in [-0.05, 0) is 49.2 Å². The van der Waals surface area contributed by atoms with Crippen LogP contribution in [0.25, 0.3) is 11.3 Å². The molecule has 1 aromatic carbocycles. The van der Waals surface area contributed by atoms with Crippen LogP contribution in [0.4, 0.5) is 4.39 Å². The maximum Gasteiger partial charge on any atom is 0.134 e. The maximum absolute atomic E-state index is 12.9. The van der Waals surface area contributed by atoms with Crippen LogP contribution in [-0.2, 0) is 6.54 Å². The van der Waals surface area contributed by atoms with Gasteiger partial charge in [0.25, 0.3) is 0 Å². The normalized spacial score (nSPS) is 17.2. The van der Waals surface area contributed by atoms with Crippen molar-refractivity contribution in [2.45, 2.75) is 37.8 Å². The smallest absolute Gasteiger partial charge is 0.134 e. The summed E-state index contributed by atoms with van der Waals surface area (Å²) in [6.45, 7) is 0.764. The van der Waals surface area contributed by atoms with E-state index < -0.39 is 0 Å². The first kappa shape index (κ1) is 14.3. The van der Waals surface area contributed by atoms with Crippen molar-refractivity contribution in [1.29, 1.82) is 0 Å². The zero-order chi connectivity index (χ0) is 14.7. The van der Waals surface area contributed by atoms with Gasteiger partial charge in [-0.25, -0.2) is 4.39 Å². The second-order valence-corrected chi connectivity index (χ2v) is 5.77. The fourth-order valence-corrected chi connectivity index (χ4v) is 2.96. The Morgan fingerprint density at radius 1 is 1.10 bits per heavy atom. The number of halogens is 1. The van der Waals surface area contributed by atoms with Gasteiger partial charge in [0, 0.05) is 11.1 Å². The predicted octanol–water partition coefficient (Wildman–Crippen LogP) is 3.48. The van der Waals surface area contributed by atoms with Crippen LogP contribution >= 0.6 is 0 Å². The number of hydrogen-bond donors (Lipinski definition) is 2. The number of benzene rings is 1. The van der Waals surface area contributed by atoms with E-state index in [0.717, 1.165) is 42.8 Å². The molecule has 0 atom stereocenters. The summed E-state index contributed by atoms with van der Waals surface area (Å²) in [6.07, 6.45) is 4.34. The summed E-state index contributed by atoms with van der Waals surface area (Å²) in [5, 5.41) is 13.0. The molecule has 1 aliphatic rings. The summed E-state index contributed by atoms with van der Waals surface area (Å²) < 4.78 is 18.7. The van der Waals surface area contributed by atoms with Crippen LogP contribution < -0.4 is 5.32 Å². The van der Waals surface area contributed by atoms with E-state index in [2.05, 4.69) is 5.32 Å². The summed E-state index contributed by atoms with van der Waals surface area (Å²) in [5.41, 5.74) is 0.711. The molecule has 0 unspecified atom stereocenters. The van der Waals surface area contributed by atoms with Gasteiger partial charge in [0.2, 0.25) is 0 Å². The minimum atomic E-state index is -0.252. The Balaban J connectivity index is 1.66. The third-order valence-corrected chi connectivity index (χ3v) is 4.29. The van der Waals surface area contributed by atoms with Crippen LogP contribution in [0.5, 0.6) is 0 Å². The van der Waals surface area contributed by atoms with Gasteiger partial charge in [-0.1, -0.05) is 12.8 Å². The zero-order valence-electron chi connectivity index (χ0n) is 11.9. The van der Waals surface area contributed by atoms with Gasteiger partial charge in [-0.3, -0.25) is 0 Å². The van der Waals surface area contributed by atoms with Gasteiger partial charge < -0.3 is 14.8 Å².